The molecule has 0 saturated carbocycles. The van der Waals surface area contributed by atoms with Gasteiger partial charge in [0.15, 0.2) is 0 Å². The molecule has 0 amide bonds. The maximum atomic E-state index is 14.0. The zero-order chi connectivity index (χ0) is 14.3. The maximum absolute atomic E-state index is 14.0. The van der Waals surface area contributed by atoms with Crippen LogP contribution < -0.4 is 5.73 Å². The highest BCUT2D eigenvalue weighted by Gasteiger charge is 2.20. The maximum Gasteiger partial charge on any atom is 0.131 e. The van der Waals surface area contributed by atoms with E-state index in [0.717, 1.165) is 11.3 Å². The molecule has 0 fully saturated rings. The van der Waals surface area contributed by atoms with Crippen LogP contribution in [0.2, 0.25) is 0 Å². The molecule has 3 rings (SSSR count). The molecule has 2 N–H and O–H groups in total. The zero-order valence-electron chi connectivity index (χ0n) is 11.2. The molecule has 0 aliphatic rings. The van der Waals surface area contributed by atoms with E-state index >= 15 is 0 Å². The number of aryl methyl sites for hydroxylation is 2. The molecule has 1 aromatic carbocycles. The number of hydrogen-bond acceptors (Lipinski definition) is 3. The third-order valence-electron chi connectivity index (χ3n) is 3.24. The van der Waals surface area contributed by atoms with Gasteiger partial charge in [-0.05, 0) is 19.1 Å². The first-order chi connectivity index (χ1) is 9.58. The molecule has 0 aliphatic carbocycles. The van der Waals surface area contributed by atoms with Crippen LogP contribution in [0.15, 0.2) is 41.0 Å². The van der Waals surface area contributed by atoms with E-state index in [-0.39, 0.29) is 5.82 Å². The van der Waals surface area contributed by atoms with Gasteiger partial charge in [-0.2, -0.15) is 5.10 Å². The second kappa shape index (κ2) is 4.52. The summed E-state index contributed by atoms with van der Waals surface area (Å²) < 4.78 is 20.9. The normalized spacial score (nSPS) is 10.9. The largest absolute Gasteiger partial charge is 0.469 e. The molecule has 2 aromatic heterocycles. The summed E-state index contributed by atoms with van der Waals surface area (Å²) in [7, 11) is 1.73. The summed E-state index contributed by atoms with van der Waals surface area (Å²) in [6.45, 7) is 1.85. The average Bonchev–Trinajstić information content (AvgIpc) is 2.96. The van der Waals surface area contributed by atoms with Crippen LogP contribution >= 0.6 is 0 Å². The molecular formula is C15H14FN3O. The second-order valence-electron chi connectivity index (χ2n) is 4.66. The van der Waals surface area contributed by atoms with Gasteiger partial charge >= 0.3 is 0 Å². The lowest BCUT2D eigenvalue weighted by atomic mass is 10.0. The number of nitrogens with zero attached hydrogens (tertiary/aromatic N) is 2. The first-order valence-electron chi connectivity index (χ1n) is 6.21. The molecule has 102 valence electrons. The molecule has 0 radical (unpaired) electrons. The second-order valence-corrected chi connectivity index (χ2v) is 4.66. The van der Waals surface area contributed by atoms with E-state index in [4.69, 9.17) is 10.2 Å². The van der Waals surface area contributed by atoms with Crippen LogP contribution in [0.4, 0.5) is 10.2 Å². The van der Waals surface area contributed by atoms with E-state index in [0.29, 0.717) is 22.6 Å². The molecule has 20 heavy (non-hydrogen) atoms. The van der Waals surface area contributed by atoms with Crippen LogP contribution in [0, 0.1) is 12.7 Å². The average molecular weight is 271 g/mol. The van der Waals surface area contributed by atoms with Gasteiger partial charge in [0, 0.05) is 18.2 Å². The fraction of sp³-hybridized carbons (Fsp3) is 0.133. The van der Waals surface area contributed by atoms with Crippen LogP contribution in [0.25, 0.3) is 22.4 Å². The quantitative estimate of drug-likeness (QED) is 0.777. The topological polar surface area (TPSA) is 57.0 Å². The number of anilines is 1. The predicted molar refractivity (Wildman–Crippen MR) is 75.5 cm³/mol. The molecule has 0 unspecified atom stereocenters. The van der Waals surface area contributed by atoms with E-state index in [1.807, 2.05) is 13.0 Å². The van der Waals surface area contributed by atoms with Crippen molar-refractivity contribution in [2.24, 2.45) is 7.05 Å². The van der Waals surface area contributed by atoms with Crippen molar-refractivity contribution in [3.05, 3.63) is 48.2 Å². The van der Waals surface area contributed by atoms with Gasteiger partial charge in [-0.15, -0.1) is 0 Å². The van der Waals surface area contributed by atoms with Crippen LogP contribution in [-0.4, -0.2) is 9.78 Å². The van der Waals surface area contributed by atoms with Gasteiger partial charge in [0.25, 0.3) is 0 Å². The Hall–Kier alpha value is -2.56. The standard InChI is InChI=1S/C15H14FN3O/c1-9-7-10(8-20-9)14-13(15(17)19(2)18-14)11-5-3-4-6-12(11)16/h3-8H,17H2,1-2H3. The monoisotopic (exact) mass is 271 g/mol. The van der Waals surface area contributed by atoms with Crippen molar-refractivity contribution in [1.29, 1.82) is 0 Å². The van der Waals surface area contributed by atoms with Gasteiger partial charge in [-0.25, -0.2) is 4.39 Å². The predicted octanol–water partition coefficient (Wildman–Crippen LogP) is 3.38. The van der Waals surface area contributed by atoms with E-state index in [1.165, 1.54) is 6.07 Å². The Bertz CT molecular complexity index is 773. The van der Waals surface area contributed by atoms with Crippen molar-refractivity contribution >= 4 is 5.82 Å². The fourth-order valence-electron chi connectivity index (χ4n) is 2.24. The molecular weight excluding hydrogens is 257 g/mol. The highest BCUT2D eigenvalue weighted by Crippen LogP contribution is 2.37. The Labute approximate surface area is 115 Å². The number of nitrogens with two attached hydrogens (primary N) is 1. The van der Waals surface area contributed by atoms with Crippen molar-refractivity contribution in [2.75, 3.05) is 5.73 Å². The van der Waals surface area contributed by atoms with Crippen molar-refractivity contribution in [2.45, 2.75) is 6.92 Å². The minimum absolute atomic E-state index is 0.325. The van der Waals surface area contributed by atoms with Gasteiger partial charge in [0.05, 0.1) is 5.56 Å². The molecule has 0 bridgehead atoms. The van der Waals surface area contributed by atoms with Crippen molar-refractivity contribution in [1.82, 2.24) is 9.78 Å². The van der Waals surface area contributed by atoms with Crippen LogP contribution in [0.3, 0.4) is 0 Å². The molecule has 3 aromatic rings. The summed E-state index contributed by atoms with van der Waals surface area (Å²) in [5, 5.41) is 4.38. The Morgan fingerprint density at radius 1 is 1.30 bits per heavy atom. The summed E-state index contributed by atoms with van der Waals surface area (Å²) in [4.78, 5) is 0. The number of aromatic nitrogens is 2. The molecule has 0 atom stereocenters. The Morgan fingerprint density at radius 2 is 2.05 bits per heavy atom. The molecule has 5 heteroatoms. The summed E-state index contributed by atoms with van der Waals surface area (Å²) in [5.74, 6) is 0.862. The SMILES string of the molecule is Cc1cc(-c2nn(C)c(N)c2-c2ccccc2F)co1. The summed E-state index contributed by atoms with van der Waals surface area (Å²) in [6.07, 6.45) is 1.60. The minimum atomic E-state index is -0.325. The Kier molecular flexibility index (Phi) is 2.82. The smallest absolute Gasteiger partial charge is 0.131 e. The van der Waals surface area contributed by atoms with E-state index in [1.54, 1.807) is 36.2 Å². The summed E-state index contributed by atoms with van der Waals surface area (Å²) in [5.41, 5.74) is 8.48. The van der Waals surface area contributed by atoms with Crippen LogP contribution in [0.5, 0.6) is 0 Å². The van der Waals surface area contributed by atoms with E-state index in [9.17, 15) is 4.39 Å². The number of nitrogen functional groups attached to an aromatic ring is 1. The van der Waals surface area contributed by atoms with Crippen LogP contribution in [0.1, 0.15) is 5.76 Å². The molecule has 0 saturated heterocycles. The van der Waals surface area contributed by atoms with Gasteiger partial charge in [-0.1, -0.05) is 18.2 Å². The van der Waals surface area contributed by atoms with Crippen molar-refractivity contribution in [3.63, 3.8) is 0 Å². The molecule has 2 heterocycles. The summed E-state index contributed by atoms with van der Waals surface area (Å²) in [6, 6.07) is 8.37. The van der Waals surface area contributed by atoms with Gasteiger partial charge in [-0.3, -0.25) is 4.68 Å². The Balaban J connectivity index is 2.28. The molecule has 4 nitrogen and oxygen atoms in total. The van der Waals surface area contributed by atoms with Crippen LogP contribution in [-0.2, 0) is 7.05 Å². The highest BCUT2D eigenvalue weighted by molar-refractivity contribution is 5.88. The van der Waals surface area contributed by atoms with Crippen molar-refractivity contribution < 1.29 is 8.81 Å². The minimum Gasteiger partial charge on any atom is -0.469 e. The highest BCUT2D eigenvalue weighted by atomic mass is 19.1. The van der Waals surface area contributed by atoms with Gasteiger partial charge in [0.2, 0.25) is 0 Å². The van der Waals surface area contributed by atoms with E-state index in [2.05, 4.69) is 5.10 Å². The number of rotatable bonds is 2. The number of benzene rings is 1. The van der Waals surface area contributed by atoms with Gasteiger partial charge < -0.3 is 10.2 Å². The first-order valence-corrected chi connectivity index (χ1v) is 6.21. The van der Waals surface area contributed by atoms with Gasteiger partial charge in [0.1, 0.15) is 29.4 Å². The fourth-order valence-corrected chi connectivity index (χ4v) is 2.24. The lowest BCUT2D eigenvalue weighted by Gasteiger charge is -2.04. The lowest BCUT2D eigenvalue weighted by molar-refractivity contribution is 0.534. The zero-order valence-corrected chi connectivity index (χ0v) is 11.2. The summed E-state index contributed by atoms with van der Waals surface area (Å²) >= 11 is 0. The number of hydrogen-bond donors (Lipinski definition) is 1. The number of furan rings is 1. The van der Waals surface area contributed by atoms with Crippen molar-refractivity contribution in [3.8, 4) is 22.4 Å². The van der Waals surface area contributed by atoms with E-state index < -0.39 is 0 Å². The Morgan fingerprint density at radius 3 is 2.70 bits per heavy atom. The number of halogens is 1. The molecule has 0 spiro atoms. The third-order valence-corrected chi connectivity index (χ3v) is 3.24. The first kappa shape index (κ1) is 12.5. The molecule has 0 aliphatic heterocycles. The lowest BCUT2D eigenvalue weighted by Crippen LogP contribution is -1.98. The third kappa shape index (κ3) is 1.87.